The molecule has 1 heterocycles. The molecule has 1 aliphatic heterocycles. The second-order valence-electron chi connectivity index (χ2n) is 7.31. The normalized spacial score (nSPS) is 24.5. The van der Waals surface area contributed by atoms with Crippen molar-refractivity contribution in [1.29, 1.82) is 0 Å². The average molecular weight is 297 g/mol. The van der Waals surface area contributed by atoms with Crippen molar-refractivity contribution in [2.24, 2.45) is 5.92 Å². The van der Waals surface area contributed by atoms with Gasteiger partial charge in [0.2, 0.25) is 0 Å². The van der Waals surface area contributed by atoms with Gasteiger partial charge in [-0.2, -0.15) is 0 Å². The molecule has 1 unspecified atom stereocenters. The van der Waals surface area contributed by atoms with Crippen LogP contribution in [0.3, 0.4) is 0 Å². The van der Waals surface area contributed by atoms with Gasteiger partial charge in [0.05, 0.1) is 0 Å². The monoisotopic (exact) mass is 297 g/mol. The van der Waals surface area contributed by atoms with Crippen molar-refractivity contribution in [2.45, 2.75) is 70.8 Å². The van der Waals surface area contributed by atoms with Gasteiger partial charge in [0.15, 0.2) is 0 Å². The standard InChI is InChI=1S/C21H31N/c1-18(20-12-6-3-7-13-20)17-22-15-9-8-14-21(22)16-19-10-4-2-5-11-19/h3,6-7,12-13,17,19,21H,2,4-5,8-11,14-16H2,1H3/b18-17-. The molecule has 2 fully saturated rings. The summed E-state index contributed by atoms with van der Waals surface area (Å²) in [5.41, 5.74) is 2.78. The zero-order valence-electron chi connectivity index (χ0n) is 14.1. The molecule has 1 aromatic rings. The summed E-state index contributed by atoms with van der Waals surface area (Å²) in [7, 11) is 0. The summed E-state index contributed by atoms with van der Waals surface area (Å²) >= 11 is 0. The molecule has 1 aliphatic carbocycles. The van der Waals surface area contributed by atoms with Crippen LogP contribution in [0.25, 0.3) is 5.57 Å². The third kappa shape index (κ3) is 4.15. The molecule has 0 radical (unpaired) electrons. The lowest BCUT2D eigenvalue weighted by Gasteiger charge is -2.38. The molecule has 0 N–H and O–H groups in total. The van der Waals surface area contributed by atoms with Crippen LogP contribution in [0.1, 0.15) is 70.3 Å². The van der Waals surface area contributed by atoms with Gasteiger partial charge in [0.1, 0.15) is 0 Å². The molecule has 120 valence electrons. The number of hydrogen-bond acceptors (Lipinski definition) is 1. The fourth-order valence-electron chi connectivity index (χ4n) is 4.28. The lowest BCUT2D eigenvalue weighted by atomic mass is 9.82. The highest BCUT2D eigenvalue weighted by Gasteiger charge is 2.24. The minimum Gasteiger partial charge on any atom is -0.374 e. The fourth-order valence-corrected chi connectivity index (χ4v) is 4.28. The molecular weight excluding hydrogens is 266 g/mol. The van der Waals surface area contributed by atoms with Crippen LogP contribution in [-0.2, 0) is 0 Å². The number of likely N-dealkylation sites (tertiary alicyclic amines) is 1. The first-order valence-electron chi connectivity index (χ1n) is 9.32. The van der Waals surface area contributed by atoms with Gasteiger partial charge in [0.25, 0.3) is 0 Å². The van der Waals surface area contributed by atoms with Crippen LogP contribution in [0.5, 0.6) is 0 Å². The Morgan fingerprint density at radius 3 is 2.50 bits per heavy atom. The fraction of sp³-hybridized carbons (Fsp3) is 0.619. The minimum absolute atomic E-state index is 0.788. The maximum atomic E-state index is 2.67. The Morgan fingerprint density at radius 2 is 1.73 bits per heavy atom. The molecule has 1 aromatic carbocycles. The second kappa shape index (κ2) is 7.85. The van der Waals surface area contributed by atoms with E-state index in [9.17, 15) is 0 Å². The van der Waals surface area contributed by atoms with E-state index in [1.54, 1.807) is 0 Å². The summed E-state index contributed by atoms with van der Waals surface area (Å²) in [6.45, 7) is 3.52. The van der Waals surface area contributed by atoms with E-state index in [0.29, 0.717) is 0 Å². The largest absolute Gasteiger partial charge is 0.374 e. The summed E-state index contributed by atoms with van der Waals surface area (Å²) < 4.78 is 0. The van der Waals surface area contributed by atoms with Crippen LogP contribution < -0.4 is 0 Å². The van der Waals surface area contributed by atoms with E-state index in [0.717, 1.165) is 12.0 Å². The van der Waals surface area contributed by atoms with Gasteiger partial charge in [-0.3, -0.25) is 0 Å². The Bertz CT molecular complexity index is 470. The van der Waals surface area contributed by atoms with Crippen LogP contribution in [-0.4, -0.2) is 17.5 Å². The molecule has 1 heteroatoms. The SMILES string of the molecule is C/C(=C/N1CCCCC1CC1CCCCC1)c1ccccc1. The molecule has 1 saturated heterocycles. The highest BCUT2D eigenvalue weighted by Crippen LogP contribution is 2.32. The lowest BCUT2D eigenvalue weighted by Crippen LogP contribution is -2.37. The Hall–Kier alpha value is -1.24. The molecule has 22 heavy (non-hydrogen) atoms. The number of rotatable bonds is 4. The van der Waals surface area contributed by atoms with E-state index in [1.807, 2.05) is 0 Å². The number of allylic oxidation sites excluding steroid dienone is 1. The highest BCUT2D eigenvalue weighted by molar-refractivity contribution is 5.63. The Balaban J connectivity index is 1.66. The van der Waals surface area contributed by atoms with Crippen LogP contribution in [0, 0.1) is 5.92 Å². The number of benzene rings is 1. The Labute approximate surface area is 136 Å². The molecule has 1 atom stereocenters. The second-order valence-corrected chi connectivity index (χ2v) is 7.31. The first-order chi connectivity index (χ1) is 10.8. The number of piperidine rings is 1. The highest BCUT2D eigenvalue weighted by atomic mass is 15.1. The smallest absolute Gasteiger partial charge is 0.0287 e. The van der Waals surface area contributed by atoms with Gasteiger partial charge < -0.3 is 4.90 Å². The van der Waals surface area contributed by atoms with Crippen LogP contribution in [0.4, 0.5) is 0 Å². The van der Waals surface area contributed by atoms with E-state index in [2.05, 4.69) is 48.4 Å². The van der Waals surface area contributed by atoms with Crippen molar-refractivity contribution in [3.05, 3.63) is 42.1 Å². The number of hydrogen-bond donors (Lipinski definition) is 0. The van der Waals surface area contributed by atoms with E-state index < -0.39 is 0 Å². The van der Waals surface area contributed by atoms with E-state index in [-0.39, 0.29) is 0 Å². The van der Waals surface area contributed by atoms with Crippen molar-refractivity contribution in [3.8, 4) is 0 Å². The van der Waals surface area contributed by atoms with E-state index in [1.165, 1.54) is 75.5 Å². The van der Waals surface area contributed by atoms with Gasteiger partial charge in [-0.05, 0) is 49.7 Å². The zero-order valence-corrected chi connectivity index (χ0v) is 14.1. The van der Waals surface area contributed by atoms with Crippen LogP contribution in [0.15, 0.2) is 36.5 Å². The Morgan fingerprint density at radius 1 is 1.00 bits per heavy atom. The topological polar surface area (TPSA) is 3.24 Å². The van der Waals surface area contributed by atoms with Crippen LogP contribution >= 0.6 is 0 Å². The first kappa shape index (κ1) is 15.6. The molecule has 0 amide bonds. The van der Waals surface area contributed by atoms with Gasteiger partial charge >= 0.3 is 0 Å². The first-order valence-corrected chi connectivity index (χ1v) is 9.32. The molecular formula is C21H31N. The van der Waals surface area contributed by atoms with E-state index >= 15 is 0 Å². The molecule has 0 bridgehead atoms. The minimum atomic E-state index is 0.788. The van der Waals surface area contributed by atoms with Crippen molar-refractivity contribution >= 4 is 5.57 Å². The van der Waals surface area contributed by atoms with Gasteiger partial charge in [-0.25, -0.2) is 0 Å². The quantitative estimate of drug-likeness (QED) is 0.671. The van der Waals surface area contributed by atoms with Crippen molar-refractivity contribution in [2.75, 3.05) is 6.54 Å². The Kier molecular flexibility index (Phi) is 5.58. The summed E-state index contributed by atoms with van der Waals surface area (Å²) in [5.74, 6) is 0.991. The maximum Gasteiger partial charge on any atom is 0.0287 e. The van der Waals surface area contributed by atoms with Crippen molar-refractivity contribution in [3.63, 3.8) is 0 Å². The molecule has 3 rings (SSSR count). The molecule has 0 aromatic heterocycles. The van der Waals surface area contributed by atoms with Crippen molar-refractivity contribution < 1.29 is 0 Å². The number of nitrogens with zero attached hydrogens (tertiary/aromatic N) is 1. The zero-order chi connectivity index (χ0) is 15.2. The van der Waals surface area contributed by atoms with Gasteiger partial charge in [0, 0.05) is 18.8 Å². The van der Waals surface area contributed by atoms with Gasteiger partial charge in [-0.1, -0.05) is 62.4 Å². The lowest BCUT2D eigenvalue weighted by molar-refractivity contribution is 0.166. The average Bonchev–Trinajstić information content (AvgIpc) is 2.58. The summed E-state index contributed by atoms with van der Waals surface area (Å²) in [4.78, 5) is 2.67. The van der Waals surface area contributed by atoms with Crippen LogP contribution in [0.2, 0.25) is 0 Å². The third-order valence-electron chi connectivity index (χ3n) is 5.59. The van der Waals surface area contributed by atoms with Gasteiger partial charge in [-0.15, -0.1) is 0 Å². The summed E-state index contributed by atoms with van der Waals surface area (Å²) in [6, 6.07) is 11.6. The predicted molar refractivity (Wildman–Crippen MR) is 95.6 cm³/mol. The third-order valence-corrected chi connectivity index (χ3v) is 5.59. The summed E-state index contributed by atoms with van der Waals surface area (Å²) in [6.07, 6.45) is 15.4. The predicted octanol–water partition coefficient (Wildman–Crippen LogP) is 5.87. The maximum absolute atomic E-state index is 2.67. The van der Waals surface area contributed by atoms with E-state index in [4.69, 9.17) is 0 Å². The molecule has 1 nitrogen and oxygen atoms in total. The van der Waals surface area contributed by atoms with Crippen molar-refractivity contribution in [1.82, 2.24) is 4.90 Å². The summed E-state index contributed by atoms with van der Waals surface area (Å²) in [5, 5.41) is 0. The molecule has 0 spiro atoms. The molecule has 2 aliphatic rings. The molecule has 1 saturated carbocycles.